The zero-order valence-electron chi connectivity index (χ0n) is 3.82. The number of thioether (sulfide) groups is 1. The van der Waals surface area contributed by atoms with E-state index < -0.39 is 0 Å². The molecule has 0 amide bonds. The predicted octanol–water partition coefficient (Wildman–Crippen LogP) is -1.10. The van der Waals surface area contributed by atoms with E-state index in [9.17, 15) is 0 Å². The van der Waals surface area contributed by atoms with Gasteiger partial charge in [0, 0.05) is 0 Å². The molecule has 0 spiro atoms. The molecule has 0 aliphatic carbocycles. The quantitative estimate of drug-likeness (QED) is 0.384. The average molecular weight is 85.8 g/mol. The Bertz CT molecular complexity index is 15.1. The summed E-state index contributed by atoms with van der Waals surface area (Å²) in [5, 5.41) is 0. The van der Waals surface area contributed by atoms with Crippen LogP contribution in [0.4, 0.5) is 0 Å². The summed E-state index contributed by atoms with van der Waals surface area (Å²) in [5.74, 6) is 0. The highest BCUT2D eigenvalue weighted by Crippen LogP contribution is 1.87. The van der Waals surface area contributed by atoms with Crippen molar-refractivity contribution in [2.75, 3.05) is 11.3 Å². The van der Waals surface area contributed by atoms with Gasteiger partial charge >= 0.3 is 0 Å². The molecule has 0 aliphatic rings. The maximum Gasteiger partial charge on any atom is 0.114 e. The Morgan fingerprint density at radius 1 is 1.20 bits per heavy atom. The van der Waals surface area contributed by atoms with E-state index in [2.05, 4.69) is 15.7 Å². The minimum absolute atomic E-state index is 1.26. The van der Waals surface area contributed by atoms with Gasteiger partial charge in [0.05, 0.1) is 0 Å². The molecule has 28 valence electrons. The zero-order chi connectivity index (χ0) is 4.12. The Labute approximate surface area is 39.5 Å². The van der Waals surface area contributed by atoms with Crippen LogP contribution in [0.25, 0.3) is 0 Å². The fraction of sp³-hybridized carbons (Fsp3) is 1.00. The van der Waals surface area contributed by atoms with Gasteiger partial charge in [0.15, 0.2) is 0 Å². The fourth-order valence-corrected chi connectivity index (χ4v) is 0.612. The third kappa shape index (κ3) is 4.48. The lowest BCUT2D eigenvalue weighted by molar-refractivity contribution is 2.11. The second-order valence-electron chi connectivity index (χ2n) is 0.781. The molecule has 0 rings (SSSR count). The summed E-state index contributed by atoms with van der Waals surface area (Å²) in [6.45, 7) is 0. The average Bonchev–Trinajstić information content (AvgIpc) is 1.41. The van der Waals surface area contributed by atoms with Gasteiger partial charge in [-0.1, -0.05) is 0 Å². The van der Waals surface area contributed by atoms with Crippen molar-refractivity contribution in [2.45, 2.75) is 0 Å². The van der Waals surface area contributed by atoms with E-state index in [-0.39, 0.29) is 0 Å². The molecule has 0 heterocycles. The maximum atomic E-state index is 2.17. The predicted molar refractivity (Wildman–Crippen MR) is 34.4 cm³/mol. The van der Waals surface area contributed by atoms with Crippen molar-refractivity contribution in [3.05, 3.63) is 0 Å². The van der Waals surface area contributed by atoms with E-state index in [1.807, 2.05) is 11.8 Å². The molecule has 0 nitrogen and oxygen atoms in total. The van der Waals surface area contributed by atoms with Crippen LogP contribution >= 0.6 is 11.8 Å². The molecule has 0 unspecified atom stereocenters. The summed E-state index contributed by atoms with van der Waals surface area (Å²) < 4.78 is 0. The topological polar surface area (TPSA) is 0 Å². The molecule has 0 fully saturated rings. The molecule has 0 saturated carbocycles. The Kier molecular flexibility index (Phi) is 4.91. The van der Waals surface area contributed by atoms with E-state index in [1.54, 1.807) is 0 Å². The summed E-state index contributed by atoms with van der Waals surface area (Å²) in [6.07, 6.45) is 0. The van der Waals surface area contributed by atoms with Crippen molar-refractivity contribution in [1.82, 2.24) is 0 Å². The molecule has 0 aromatic carbocycles. The van der Waals surface area contributed by atoms with Crippen molar-refractivity contribution in [3.8, 4) is 0 Å². The molecule has 3 heteroatoms. The van der Waals surface area contributed by atoms with E-state index in [1.165, 1.54) is 11.3 Å². The first-order valence-electron chi connectivity index (χ1n) is 1.99. The van der Waals surface area contributed by atoms with Crippen LogP contribution in [-0.4, -0.2) is 27.0 Å². The third-order valence-electron chi connectivity index (χ3n) is 0.408. The molecule has 0 aromatic rings. The molecule has 0 aromatic heterocycles. The molecule has 5 heavy (non-hydrogen) atoms. The number of hydrogen-bond donors (Lipinski definition) is 0. The third-order valence-corrected chi connectivity index (χ3v) is 1.22. The Hall–Kier alpha value is 0.480. The SMILES string of the molecule is BCSCB. The van der Waals surface area contributed by atoms with Gasteiger partial charge in [0.2, 0.25) is 0 Å². The van der Waals surface area contributed by atoms with Crippen LogP contribution in [0.1, 0.15) is 0 Å². The second kappa shape index (κ2) is 4.48. The first kappa shape index (κ1) is 5.48. The van der Waals surface area contributed by atoms with Gasteiger partial charge in [-0.3, -0.25) is 0 Å². The van der Waals surface area contributed by atoms with Gasteiger partial charge in [-0.2, -0.15) is 11.8 Å². The van der Waals surface area contributed by atoms with E-state index in [4.69, 9.17) is 0 Å². The van der Waals surface area contributed by atoms with Gasteiger partial charge < -0.3 is 0 Å². The van der Waals surface area contributed by atoms with Gasteiger partial charge in [-0.15, -0.1) is 0 Å². The van der Waals surface area contributed by atoms with E-state index in [0.29, 0.717) is 0 Å². The van der Waals surface area contributed by atoms with Crippen molar-refractivity contribution in [2.24, 2.45) is 0 Å². The lowest BCUT2D eigenvalue weighted by Gasteiger charge is -1.80. The van der Waals surface area contributed by atoms with Crippen LogP contribution in [0.5, 0.6) is 0 Å². The minimum Gasteiger partial charge on any atom is -0.180 e. The largest absolute Gasteiger partial charge is 0.180 e. The molecule has 0 radical (unpaired) electrons. The highest BCUT2D eigenvalue weighted by molar-refractivity contribution is 8.01. The molecule has 0 bridgehead atoms. The fourth-order valence-electron chi connectivity index (χ4n) is 0.204. The van der Waals surface area contributed by atoms with Gasteiger partial charge in [-0.05, 0) is 11.3 Å². The highest BCUT2D eigenvalue weighted by Gasteiger charge is 1.68. The van der Waals surface area contributed by atoms with E-state index >= 15 is 0 Å². The van der Waals surface area contributed by atoms with Crippen LogP contribution in [0, 0.1) is 0 Å². The molecular weight excluding hydrogens is 77.7 g/mol. The van der Waals surface area contributed by atoms with Crippen molar-refractivity contribution >= 4 is 27.5 Å². The minimum atomic E-state index is 1.26. The van der Waals surface area contributed by atoms with Crippen molar-refractivity contribution in [1.29, 1.82) is 0 Å². The Morgan fingerprint density at radius 3 is 1.60 bits per heavy atom. The molecule has 0 aliphatic heterocycles. The lowest BCUT2D eigenvalue weighted by Crippen LogP contribution is -1.76. The number of hydrogen-bond acceptors (Lipinski definition) is 1. The summed E-state index contributed by atoms with van der Waals surface area (Å²) in [6, 6.07) is 0. The molecule has 0 atom stereocenters. The van der Waals surface area contributed by atoms with Crippen LogP contribution in [0.2, 0.25) is 0 Å². The van der Waals surface area contributed by atoms with Crippen LogP contribution in [0.15, 0.2) is 0 Å². The van der Waals surface area contributed by atoms with Crippen LogP contribution < -0.4 is 0 Å². The monoisotopic (exact) mass is 86.1 g/mol. The Morgan fingerprint density at radius 2 is 1.60 bits per heavy atom. The summed E-state index contributed by atoms with van der Waals surface area (Å²) in [5.41, 5.74) is 2.52. The summed E-state index contributed by atoms with van der Waals surface area (Å²) in [7, 11) is 4.35. The Balaban J connectivity index is 2.19. The highest BCUT2D eigenvalue weighted by atomic mass is 32.2. The smallest absolute Gasteiger partial charge is 0.114 e. The van der Waals surface area contributed by atoms with Crippen LogP contribution in [-0.2, 0) is 0 Å². The zero-order valence-corrected chi connectivity index (χ0v) is 4.64. The van der Waals surface area contributed by atoms with E-state index in [0.717, 1.165) is 0 Å². The summed E-state index contributed by atoms with van der Waals surface area (Å²) in [4.78, 5) is 0. The summed E-state index contributed by atoms with van der Waals surface area (Å²) >= 11 is 1.96. The van der Waals surface area contributed by atoms with Crippen molar-refractivity contribution in [3.63, 3.8) is 0 Å². The van der Waals surface area contributed by atoms with Crippen LogP contribution in [0.3, 0.4) is 0 Å². The first-order valence-corrected chi connectivity index (χ1v) is 3.15. The van der Waals surface area contributed by atoms with Gasteiger partial charge in [-0.25, -0.2) is 0 Å². The molecule has 0 saturated heterocycles. The molecular formula is C2H8B2S. The molecule has 0 N–H and O–H groups in total. The van der Waals surface area contributed by atoms with Crippen molar-refractivity contribution < 1.29 is 0 Å². The maximum absolute atomic E-state index is 2.17. The number of rotatable bonds is 2. The van der Waals surface area contributed by atoms with Gasteiger partial charge in [0.25, 0.3) is 0 Å². The lowest BCUT2D eigenvalue weighted by atomic mass is 10.2. The van der Waals surface area contributed by atoms with Gasteiger partial charge in [0.1, 0.15) is 15.7 Å². The first-order chi connectivity index (χ1) is 2.41. The normalized spacial score (nSPS) is 8.00. The standard InChI is InChI=1S/C2H8B2S/c3-1-5-2-4/h1-4H2. The second-order valence-corrected chi connectivity index (χ2v) is 2.34.